The average molecular weight is 301 g/mol. The molecule has 2 aliphatic rings. The van der Waals surface area contributed by atoms with E-state index < -0.39 is 5.54 Å². The molecule has 4 rings (SSSR count). The molecule has 7 heteroatoms. The first-order chi connectivity index (χ1) is 10.8. The number of tetrazole rings is 1. The van der Waals surface area contributed by atoms with Gasteiger partial charge in [0.2, 0.25) is 0 Å². The summed E-state index contributed by atoms with van der Waals surface area (Å²) in [5, 5.41) is 25.2. The minimum Gasteiger partial charge on any atom is -0.491 e. The summed E-state index contributed by atoms with van der Waals surface area (Å²) in [6.45, 7) is 0.966. The molecule has 7 nitrogen and oxygen atoms in total. The number of aromatic nitrogens is 4. The van der Waals surface area contributed by atoms with Gasteiger partial charge in [0, 0.05) is 0 Å². The lowest BCUT2D eigenvalue weighted by Crippen LogP contribution is -2.56. The molecule has 116 valence electrons. The van der Waals surface area contributed by atoms with Crippen LogP contribution in [0.2, 0.25) is 0 Å². The van der Waals surface area contributed by atoms with Crippen LogP contribution in [0.4, 0.5) is 0 Å². The Labute approximate surface area is 128 Å². The van der Waals surface area contributed by atoms with Gasteiger partial charge in [-0.25, -0.2) is 4.68 Å². The van der Waals surface area contributed by atoms with Gasteiger partial charge in [0.25, 0.3) is 0 Å². The van der Waals surface area contributed by atoms with Crippen LogP contribution in [0.5, 0.6) is 5.75 Å². The molecule has 1 saturated carbocycles. The molecule has 2 heterocycles. The van der Waals surface area contributed by atoms with Crippen molar-refractivity contribution in [3.8, 4) is 5.75 Å². The number of nitrogens with one attached hydrogen (secondary N) is 1. The summed E-state index contributed by atoms with van der Waals surface area (Å²) in [4.78, 5) is 0. The molecule has 1 aliphatic heterocycles. The first-order valence-corrected chi connectivity index (χ1v) is 7.63. The molecule has 1 aromatic carbocycles. The van der Waals surface area contributed by atoms with Gasteiger partial charge in [-0.2, -0.15) is 0 Å². The molecule has 0 bridgehead atoms. The fraction of sp³-hybridized carbons (Fsp3) is 0.533. The lowest BCUT2D eigenvalue weighted by atomic mass is 9.89. The van der Waals surface area contributed by atoms with Gasteiger partial charge in [0.05, 0.1) is 24.7 Å². The van der Waals surface area contributed by atoms with Crippen molar-refractivity contribution in [3.63, 3.8) is 0 Å². The lowest BCUT2D eigenvalue weighted by molar-refractivity contribution is 0.0851. The number of rotatable bonds is 5. The minimum atomic E-state index is -0.491. The number of aliphatic hydroxyl groups is 1. The largest absolute Gasteiger partial charge is 0.491 e. The number of benzene rings is 1. The van der Waals surface area contributed by atoms with Crippen molar-refractivity contribution in [3.05, 3.63) is 35.7 Å². The summed E-state index contributed by atoms with van der Waals surface area (Å²) in [6, 6.07) is 8.39. The van der Waals surface area contributed by atoms with E-state index in [1.807, 2.05) is 28.9 Å². The summed E-state index contributed by atoms with van der Waals surface area (Å²) < 4.78 is 7.69. The van der Waals surface area contributed by atoms with Crippen molar-refractivity contribution >= 4 is 0 Å². The Morgan fingerprint density at radius 2 is 2.23 bits per heavy atom. The molecular weight excluding hydrogens is 282 g/mol. The Balaban J connectivity index is 1.49. The van der Waals surface area contributed by atoms with Crippen LogP contribution >= 0.6 is 0 Å². The highest BCUT2D eigenvalue weighted by Gasteiger charge is 2.36. The van der Waals surface area contributed by atoms with Crippen LogP contribution in [0.1, 0.15) is 30.3 Å². The Morgan fingerprint density at radius 3 is 3.05 bits per heavy atom. The molecule has 1 unspecified atom stereocenters. The van der Waals surface area contributed by atoms with Crippen molar-refractivity contribution in [2.24, 2.45) is 0 Å². The Kier molecular flexibility index (Phi) is 3.31. The molecule has 2 aromatic rings. The maximum Gasteiger partial charge on any atom is 0.165 e. The van der Waals surface area contributed by atoms with Gasteiger partial charge in [0.1, 0.15) is 12.4 Å². The SMILES string of the molecule is OCC1(NCc2nnnn2C2CC2)COc2ccccc2C1. The third-order valence-electron chi connectivity index (χ3n) is 4.38. The summed E-state index contributed by atoms with van der Waals surface area (Å²) in [5.41, 5.74) is 0.617. The van der Waals surface area contributed by atoms with E-state index in [4.69, 9.17) is 4.74 Å². The number of ether oxygens (including phenoxy) is 1. The Morgan fingerprint density at radius 1 is 1.36 bits per heavy atom. The van der Waals surface area contributed by atoms with Crippen LogP contribution in [0.3, 0.4) is 0 Å². The molecule has 0 amide bonds. The van der Waals surface area contributed by atoms with E-state index in [0.717, 1.165) is 36.4 Å². The van der Waals surface area contributed by atoms with E-state index in [-0.39, 0.29) is 6.61 Å². The molecule has 1 fully saturated rings. The summed E-state index contributed by atoms with van der Waals surface area (Å²) in [7, 11) is 0. The average Bonchev–Trinajstić information content (AvgIpc) is 3.31. The molecule has 1 aliphatic carbocycles. The van der Waals surface area contributed by atoms with Crippen molar-refractivity contribution in [2.75, 3.05) is 13.2 Å². The Hall–Kier alpha value is -1.99. The molecular formula is C15H19N5O2. The van der Waals surface area contributed by atoms with Gasteiger partial charge in [-0.3, -0.25) is 5.32 Å². The normalized spacial score (nSPS) is 23.9. The van der Waals surface area contributed by atoms with Crippen LogP contribution in [0.25, 0.3) is 0 Å². The fourth-order valence-electron chi connectivity index (χ4n) is 2.89. The smallest absolute Gasteiger partial charge is 0.165 e. The highest BCUT2D eigenvalue weighted by Crippen LogP contribution is 2.34. The van der Waals surface area contributed by atoms with Crippen LogP contribution < -0.4 is 10.1 Å². The van der Waals surface area contributed by atoms with E-state index in [0.29, 0.717) is 19.2 Å². The van der Waals surface area contributed by atoms with E-state index >= 15 is 0 Å². The second-order valence-corrected chi connectivity index (χ2v) is 6.14. The highest BCUT2D eigenvalue weighted by molar-refractivity contribution is 5.37. The van der Waals surface area contributed by atoms with Crippen molar-refractivity contribution in [1.82, 2.24) is 25.5 Å². The van der Waals surface area contributed by atoms with E-state index in [2.05, 4.69) is 20.8 Å². The van der Waals surface area contributed by atoms with Gasteiger partial charge in [-0.05, 0) is 41.3 Å². The number of aliphatic hydroxyl groups excluding tert-OH is 1. The standard InChI is InChI=1S/C15H19N5O2/c21-9-15(7-11-3-1-2-4-13(11)22-10-15)16-8-14-17-18-19-20(14)12-5-6-12/h1-4,12,16,21H,5-10H2. The van der Waals surface area contributed by atoms with Crippen molar-refractivity contribution < 1.29 is 9.84 Å². The highest BCUT2D eigenvalue weighted by atomic mass is 16.5. The summed E-state index contributed by atoms with van der Waals surface area (Å²) in [5.74, 6) is 1.71. The quantitative estimate of drug-likeness (QED) is 0.835. The summed E-state index contributed by atoms with van der Waals surface area (Å²) >= 11 is 0. The third kappa shape index (κ3) is 2.46. The minimum absolute atomic E-state index is 0.00628. The predicted octanol–water partition coefficient (Wildman–Crippen LogP) is 0.464. The molecule has 2 N–H and O–H groups in total. The lowest BCUT2D eigenvalue weighted by Gasteiger charge is -2.37. The zero-order valence-electron chi connectivity index (χ0n) is 12.3. The third-order valence-corrected chi connectivity index (χ3v) is 4.38. The molecule has 0 spiro atoms. The number of fused-ring (bicyclic) bond motifs is 1. The van der Waals surface area contributed by atoms with E-state index in [1.165, 1.54) is 0 Å². The Bertz CT molecular complexity index is 669. The van der Waals surface area contributed by atoms with Gasteiger partial charge in [0.15, 0.2) is 5.82 Å². The van der Waals surface area contributed by atoms with Crippen molar-refractivity contribution in [1.29, 1.82) is 0 Å². The van der Waals surface area contributed by atoms with Crippen molar-refractivity contribution in [2.45, 2.75) is 37.4 Å². The van der Waals surface area contributed by atoms with Crippen LogP contribution in [0, 0.1) is 0 Å². The second-order valence-electron chi connectivity index (χ2n) is 6.14. The first-order valence-electron chi connectivity index (χ1n) is 7.63. The van der Waals surface area contributed by atoms with E-state index in [1.54, 1.807) is 0 Å². The fourth-order valence-corrected chi connectivity index (χ4v) is 2.89. The summed E-state index contributed by atoms with van der Waals surface area (Å²) in [6.07, 6.45) is 3.00. The maximum absolute atomic E-state index is 9.89. The second kappa shape index (κ2) is 5.33. The van der Waals surface area contributed by atoms with Gasteiger partial charge < -0.3 is 9.84 Å². The van der Waals surface area contributed by atoms with Crippen LogP contribution in [-0.4, -0.2) is 44.1 Å². The van der Waals surface area contributed by atoms with Gasteiger partial charge in [-0.15, -0.1) is 5.10 Å². The van der Waals surface area contributed by atoms with Gasteiger partial charge in [-0.1, -0.05) is 18.2 Å². The first kappa shape index (κ1) is 13.7. The number of nitrogens with zero attached hydrogens (tertiary/aromatic N) is 4. The maximum atomic E-state index is 9.89. The number of hydrogen-bond acceptors (Lipinski definition) is 6. The van der Waals surface area contributed by atoms with Gasteiger partial charge >= 0.3 is 0 Å². The number of para-hydroxylation sites is 1. The molecule has 22 heavy (non-hydrogen) atoms. The monoisotopic (exact) mass is 301 g/mol. The van der Waals surface area contributed by atoms with E-state index in [9.17, 15) is 5.11 Å². The predicted molar refractivity (Wildman–Crippen MR) is 78.4 cm³/mol. The molecule has 0 saturated heterocycles. The topological polar surface area (TPSA) is 85.1 Å². The molecule has 1 atom stereocenters. The zero-order chi connectivity index (χ0) is 15.0. The molecule has 0 radical (unpaired) electrons. The molecule has 1 aromatic heterocycles. The number of hydrogen-bond donors (Lipinski definition) is 2. The van der Waals surface area contributed by atoms with Crippen LogP contribution in [-0.2, 0) is 13.0 Å². The van der Waals surface area contributed by atoms with Crippen LogP contribution in [0.15, 0.2) is 24.3 Å². The zero-order valence-corrected chi connectivity index (χ0v) is 12.3.